The molecule has 1 aliphatic heterocycles. The molecule has 2 rings (SSSR count). The second kappa shape index (κ2) is 4.58. The Bertz CT molecular complexity index is 477. The molecule has 0 bridgehead atoms. The van der Waals surface area contributed by atoms with Crippen LogP contribution in [0.1, 0.15) is 19.4 Å². The van der Waals surface area contributed by atoms with Crippen molar-refractivity contribution in [1.29, 1.82) is 5.26 Å². The lowest BCUT2D eigenvalue weighted by Crippen LogP contribution is -2.26. The normalized spacial score (nSPS) is 17.1. The van der Waals surface area contributed by atoms with E-state index in [2.05, 4.69) is 35.8 Å². The van der Waals surface area contributed by atoms with E-state index in [1.54, 1.807) is 0 Å². The summed E-state index contributed by atoms with van der Waals surface area (Å²) in [5.41, 5.74) is 0.926. The Hall–Kier alpha value is -1.21. The van der Waals surface area contributed by atoms with E-state index < -0.39 is 0 Å². The van der Waals surface area contributed by atoms with Crippen LogP contribution in [0, 0.1) is 16.7 Å². The van der Waals surface area contributed by atoms with Crippen molar-refractivity contribution in [3.05, 3.63) is 22.2 Å². The van der Waals surface area contributed by atoms with Crippen molar-refractivity contribution in [2.45, 2.75) is 20.3 Å². The highest BCUT2D eigenvalue weighted by Crippen LogP contribution is 2.40. The molecule has 17 heavy (non-hydrogen) atoms. The van der Waals surface area contributed by atoms with Gasteiger partial charge in [0.25, 0.3) is 0 Å². The van der Waals surface area contributed by atoms with E-state index in [-0.39, 0.29) is 5.41 Å². The minimum Gasteiger partial charge on any atom is -0.489 e. The molecule has 0 saturated carbocycles. The number of nitrogens with zero attached hydrogens (tertiary/aromatic N) is 1. The molecule has 1 aromatic carbocycles. The van der Waals surface area contributed by atoms with Gasteiger partial charge in [0.2, 0.25) is 0 Å². The molecule has 0 amide bonds. The maximum Gasteiger partial charge on any atom is 0.175 e. The molecule has 0 N–H and O–H groups in total. The van der Waals surface area contributed by atoms with Gasteiger partial charge in [-0.3, -0.25) is 0 Å². The molecule has 4 heteroatoms. The summed E-state index contributed by atoms with van der Waals surface area (Å²) in [6.45, 7) is 5.44. The monoisotopic (exact) mass is 295 g/mol. The third-order valence-electron chi connectivity index (χ3n) is 2.58. The van der Waals surface area contributed by atoms with Gasteiger partial charge in [0, 0.05) is 5.41 Å². The van der Waals surface area contributed by atoms with Crippen molar-refractivity contribution in [2.24, 2.45) is 5.41 Å². The summed E-state index contributed by atoms with van der Waals surface area (Å²) < 4.78 is 12.4. The molecule has 0 spiro atoms. The van der Waals surface area contributed by atoms with Gasteiger partial charge in [0.1, 0.15) is 0 Å². The third kappa shape index (κ3) is 2.73. The average molecular weight is 296 g/mol. The lowest BCUT2D eigenvalue weighted by atomic mass is 9.97. The van der Waals surface area contributed by atoms with E-state index in [4.69, 9.17) is 14.7 Å². The summed E-state index contributed by atoms with van der Waals surface area (Å²) in [6.07, 6.45) is 0.374. The lowest BCUT2D eigenvalue weighted by molar-refractivity contribution is 0.140. The van der Waals surface area contributed by atoms with E-state index in [9.17, 15) is 0 Å². The zero-order chi connectivity index (χ0) is 12.5. The molecule has 90 valence electrons. The third-order valence-corrected chi connectivity index (χ3v) is 3.17. The molecule has 0 atom stereocenters. The van der Waals surface area contributed by atoms with Crippen LogP contribution in [0.4, 0.5) is 0 Å². The fourth-order valence-corrected chi connectivity index (χ4v) is 2.25. The number of rotatable bonds is 1. The van der Waals surface area contributed by atoms with Crippen molar-refractivity contribution < 1.29 is 9.47 Å². The minimum atomic E-state index is -0.00610. The molecule has 0 radical (unpaired) electrons. The van der Waals surface area contributed by atoms with Crippen LogP contribution >= 0.6 is 15.9 Å². The number of hydrogen-bond donors (Lipinski definition) is 0. The number of halogens is 1. The minimum absolute atomic E-state index is 0.00610. The van der Waals surface area contributed by atoms with Gasteiger partial charge in [-0.15, -0.1) is 0 Å². The number of nitriles is 1. The number of benzene rings is 1. The van der Waals surface area contributed by atoms with E-state index in [1.807, 2.05) is 12.1 Å². The highest BCUT2D eigenvalue weighted by Gasteiger charge is 2.26. The molecule has 0 saturated heterocycles. The largest absolute Gasteiger partial charge is 0.489 e. The second-order valence-corrected chi connectivity index (χ2v) is 5.84. The van der Waals surface area contributed by atoms with Gasteiger partial charge in [-0.25, -0.2) is 0 Å². The second-order valence-electron chi connectivity index (χ2n) is 4.98. The van der Waals surface area contributed by atoms with Crippen molar-refractivity contribution in [2.75, 3.05) is 13.2 Å². The quantitative estimate of drug-likeness (QED) is 0.798. The summed E-state index contributed by atoms with van der Waals surface area (Å²) in [4.78, 5) is 0. The van der Waals surface area contributed by atoms with E-state index in [1.165, 1.54) is 0 Å². The Balaban J connectivity index is 2.37. The van der Waals surface area contributed by atoms with Gasteiger partial charge in [0.15, 0.2) is 11.5 Å². The fourth-order valence-electron chi connectivity index (χ4n) is 1.64. The Morgan fingerprint density at radius 2 is 2.06 bits per heavy atom. The Kier molecular flexibility index (Phi) is 3.30. The molecule has 0 aliphatic carbocycles. The average Bonchev–Trinajstić information content (AvgIpc) is 2.39. The Morgan fingerprint density at radius 1 is 1.35 bits per heavy atom. The van der Waals surface area contributed by atoms with Crippen LogP contribution in [0.25, 0.3) is 0 Å². The molecular formula is C13H14BrNO2. The van der Waals surface area contributed by atoms with Gasteiger partial charge in [-0.2, -0.15) is 5.26 Å². The van der Waals surface area contributed by atoms with Crippen LogP contribution in [0.5, 0.6) is 11.5 Å². The summed E-state index contributed by atoms with van der Waals surface area (Å²) in [7, 11) is 0. The summed E-state index contributed by atoms with van der Waals surface area (Å²) in [5.74, 6) is 1.45. The van der Waals surface area contributed by atoms with Crippen LogP contribution < -0.4 is 9.47 Å². The molecular weight excluding hydrogens is 282 g/mol. The maximum absolute atomic E-state index is 8.72. The number of ether oxygens (including phenoxy) is 2. The highest BCUT2D eigenvalue weighted by molar-refractivity contribution is 9.10. The van der Waals surface area contributed by atoms with Crippen LogP contribution in [-0.4, -0.2) is 13.2 Å². The Labute approximate surface area is 109 Å². The van der Waals surface area contributed by atoms with Gasteiger partial charge in [-0.1, -0.05) is 13.8 Å². The highest BCUT2D eigenvalue weighted by atomic mass is 79.9. The summed E-state index contributed by atoms with van der Waals surface area (Å²) in [5, 5.41) is 8.72. The van der Waals surface area contributed by atoms with E-state index in [0.29, 0.717) is 19.6 Å². The van der Waals surface area contributed by atoms with Crippen molar-refractivity contribution in [3.8, 4) is 17.6 Å². The molecule has 1 aromatic rings. The van der Waals surface area contributed by atoms with E-state index in [0.717, 1.165) is 21.5 Å². The zero-order valence-electron chi connectivity index (χ0n) is 9.92. The van der Waals surface area contributed by atoms with Crippen LogP contribution in [0.15, 0.2) is 16.6 Å². The van der Waals surface area contributed by atoms with Gasteiger partial charge in [-0.05, 0) is 33.6 Å². The van der Waals surface area contributed by atoms with E-state index >= 15 is 0 Å². The first-order valence-electron chi connectivity index (χ1n) is 5.47. The predicted molar refractivity (Wildman–Crippen MR) is 68.2 cm³/mol. The van der Waals surface area contributed by atoms with Crippen LogP contribution in [0.3, 0.4) is 0 Å². The van der Waals surface area contributed by atoms with Crippen molar-refractivity contribution in [3.63, 3.8) is 0 Å². The van der Waals surface area contributed by atoms with Gasteiger partial charge < -0.3 is 9.47 Å². The first-order valence-corrected chi connectivity index (χ1v) is 6.26. The molecule has 0 aromatic heterocycles. The Morgan fingerprint density at radius 3 is 2.76 bits per heavy atom. The fraction of sp³-hybridized carbons (Fsp3) is 0.462. The standard InChI is InChI=1S/C13H14BrNO2/c1-13(2)7-16-11-6-9(3-4-15)5-10(14)12(11)17-8-13/h5-6H,3,7-8H2,1-2H3. The van der Waals surface area contributed by atoms with Gasteiger partial charge >= 0.3 is 0 Å². The first kappa shape index (κ1) is 12.3. The maximum atomic E-state index is 8.72. The number of hydrogen-bond acceptors (Lipinski definition) is 3. The number of fused-ring (bicyclic) bond motifs is 1. The SMILES string of the molecule is CC1(C)COc2cc(CC#N)cc(Br)c2OC1. The van der Waals surface area contributed by atoms with Crippen molar-refractivity contribution >= 4 is 15.9 Å². The molecule has 0 fully saturated rings. The predicted octanol–water partition coefficient (Wildman–Crippen LogP) is 3.31. The zero-order valence-corrected chi connectivity index (χ0v) is 11.5. The molecule has 3 nitrogen and oxygen atoms in total. The smallest absolute Gasteiger partial charge is 0.175 e. The molecule has 0 unspecified atom stereocenters. The summed E-state index contributed by atoms with van der Waals surface area (Å²) >= 11 is 3.46. The molecule has 1 heterocycles. The summed E-state index contributed by atoms with van der Waals surface area (Å²) in [6, 6.07) is 5.92. The van der Waals surface area contributed by atoms with Crippen LogP contribution in [-0.2, 0) is 6.42 Å². The van der Waals surface area contributed by atoms with Gasteiger partial charge in [0.05, 0.1) is 30.2 Å². The molecule has 1 aliphatic rings. The van der Waals surface area contributed by atoms with Crippen LogP contribution in [0.2, 0.25) is 0 Å². The topological polar surface area (TPSA) is 42.2 Å². The van der Waals surface area contributed by atoms with Crippen molar-refractivity contribution in [1.82, 2.24) is 0 Å². The first-order chi connectivity index (χ1) is 8.02. The lowest BCUT2D eigenvalue weighted by Gasteiger charge is -2.19.